The highest BCUT2D eigenvalue weighted by Gasteiger charge is 2.22. The van der Waals surface area contributed by atoms with Gasteiger partial charge in [0.2, 0.25) is 0 Å². The number of hydrogen-bond donors (Lipinski definition) is 1. The molecule has 0 aromatic heterocycles. The first-order valence-corrected chi connectivity index (χ1v) is 8.53. The molecule has 0 unspecified atom stereocenters. The van der Waals surface area contributed by atoms with Gasteiger partial charge < -0.3 is 4.74 Å². The normalized spacial score (nSPS) is 11.1. The lowest BCUT2D eigenvalue weighted by atomic mass is 10.1. The van der Waals surface area contributed by atoms with Crippen LogP contribution in [0.15, 0.2) is 41.3 Å². The molecule has 122 valence electrons. The second-order valence-corrected chi connectivity index (χ2v) is 6.94. The summed E-state index contributed by atoms with van der Waals surface area (Å²) in [4.78, 5) is 11.8. The summed E-state index contributed by atoms with van der Waals surface area (Å²) in [7, 11) is -2.55. The number of rotatable bonds is 4. The minimum absolute atomic E-state index is 0.0584. The Labute approximate surface area is 136 Å². The summed E-state index contributed by atoms with van der Waals surface area (Å²) in [6.07, 6.45) is 0. The molecule has 0 heterocycles. The van der Waals surface area contributed by atoms with Crippen molar-refractivity contribution in [2.45, 2.75) is 25.7 Å². The van der Waals surface area contributed by atoms with Crippen LogP contribution in [0.4, 0.5) is 5.69 Å². The first kappa shape index (κ1) is 17.0. The van der Waals surface area contributed by atoms with Gasteiger partial charge in [0.1, 0.15) is 0 Å². The fourth-order valence-corrected chi connectivity index (χ4v) is 3.87. The Hall–Kier alpha value is -2.34. The molecule has 0 atom stereocenters. The van der Waals surface area contributed by atoms with Gasteiger partial charge in [-0.2, -0.15) is 0 Å². The van der Waals surface area contributed by atoms with Gasteiger partial charge >= 0.3 is 5.97 Å². The Morgan fingerprint density at radius 1 is 1.00 bits per heavy atom. The van der Waals surface area contributed by atoms with Gasteiger partial charge in [-0.1, -0.05) is 24.3 Å². The fourth-order valence-electron chi connectivity index (χ4n) is 2.40. The molecular weight excluding hydrogens is 314 g/mol. The molecule has 2 rings (SSSR count). The van der Waals surface area contributed by atoms with Gasteiger partial charge in [0.25, 0.3) is 10.0 Å². The summed E-state index contributed by atoms with van der Waals surface area (Å²) in [5.41, 5.74) is 2.80. The Morgan fingerprint density at radius 2 is 1.57 bits per heavy atom. The molecule has 0 aliphatic carbocycles. The molecule has 0 amide bonds. The molecule has 2 aromatic carbocycles. The maximum Gasteiger partial charge on any atom is 0.338 e. The Balaban J connectivity index is 2.51. The van der Waals surface area contributed by atoms with E-state index in [4.69, 9.17) is 0 Å². The van der Waals surface area contributed by atoms with Gasteiger partial charge in [0.05, 0.1) is 23.3 Å². The van der Waals surface area contributed by atoms with Crippen LogP contribution < -0.4 is 4.72 Å². The first-order valence-electron chi connectivity index (χ1n) is 7.05. The molecule has 0 saturated carbocycles. The highest BCUT2D eigenvalue weighted by Crippen LogP contribution is 2.26. The molecule has 5 nitrogen and oxygen atoms in total. The standard InChI is InChI=1S/C17H19NO4S/c1-11-7-5-8-12(2)16(11)18-23(20,21)15-10-6-9-14(13(15)3)17(19)22-4/h5-10,18H,1-4H3. The molecule has 0 bridgehead atoms. The highest BCUT2D eigenvalue weighted by atomic mass is 32.2. The van der Waals surface area contributed by atoms with E-state index in [1.807, 2.05) is 32.0 Å². The van der Waals surface area contributed by atoms with Crippen molar-refractivity contribution in [1.82, 2.24) is 0 Å². The molecule has 0 aliphatic rings. The van der Waals surface area contributed by atoms with E-state index in [0.717, 1.165) is 11.1 Å². The maximum atomic E-state index is 12.7. The third-order valence-electron chi connectivity index (χ3n) is 3.70. The van der Waals surface area contributed by atoms with E-state index in [-0.39, 0.29) is 10.5 Å². The molecule has 1 N–H and O–H groups in total. The SMILES string of the molecule is COC(=O)c1cccc(S(=O)(=O)Nc2c(C)cccc2C)c1C. The highest BCUT2D eigenvalue weighted by molar-refractivity contribution is 7.92. The van der Waals surface area contributed by atoms with Gasteiger partial charge in [-0.05, 0) is 49.6 Å². The van der Waals surface area contributed by atoms with E-state index >= 15 is 0 Å². The molecule has 2 aromatic rings. The zero-order valence-electron chi connectivity index (χ0n) is 13.5. The van der Waals surface area contributed by atoms with Crippen LogP contribution in [0.5, 0.6) is 0 Å². The average molecular weight is 333 g/mol. The summed E-state index contributed by atoms with van der Waals surface area (Å²) < 4.78 is 32.8. The third kappa shape index (κ3) is 3.37. The molecule has 0 spiro atoms. The zero-order valence-corrected chi connectivity index (χ0v) is 14.3. The number of aryl methyl sites for hydroxylation is 2. The van der Waals surface area contributed by atoms with E-state index in [0.29, 0.717) is 11.3 Å². The van der Waals surface area contributed by atoms with Gasteiger partial charge in [-0.3, -0.25) is 4.72 Å². The van der Waals surface area contributed by atoms with Crippen molar-refractivity contribution in [1.29, 1.82) is 0 Å². The van der Waals surface area contributed by atoms with Crippen molar-refractivity contribution in [3.05, 3.63) is 58.7 Å². The van der Waals surface area contributed by atoms with E-state index in [1.165, 1.54) is 19.2 Å². The van der Waals surface area contributed by atoms with Gasteiger partial charge in [-0.15, -0.1) is 0 Å². The number of carbonyl (C=O) groups excluding carboxylic acids is 1. The van der Waals surface area contributed by atoms with Crippen LogP contribution >= 0.6 is 0 Å². The van der Waals surface area contributed by atoms with Crippen molar-refractivity contribution in [3.8, 4) is 0 Å². The Bertz CT molecular complexity index is 837. The molecule has 0 aliphatic heterocycles. The molecule has 6 heteroatoms. The fraction of sp³-hybridized carbons (Fsp3) is 0.235. The van der Waals surface area contributed by atoms with Crippen LogP contribution in [0.3, 0.4) is 0 Å². The van der Waals surface area contributed by atoms with Crippen LogP contribution in [-0.2, 0) is 14.8 Å². The van der Waals surface area contributed by atoms with Gasteiger partial charge in [-0.25, -0.2) is 13.2 Å². The van der Waals surface area contributed by atoms with E-state index in [2.05, 4.69) is 9.46 Å². The molecule has 0 fully saturated rings. The number of esters is 1. The summed E-state index contributed by atoms with van der Waals surface area (Å²) >= 11 is 0. The molecule has 0 saturated heterocycles. The predicted molar refractivity (Wildman–Crippen MR) is 89.2 cm³/mol. The minimum Gasteiger partial charge on any atom is -0.465 e. The summed E-state index contributed by atoms with van der Waals surface area (Å²) in [5.74, 6) is -0.563. The quantitative estimate of drug-likeness (QED) is 0.872. The maximum absolute atomic E-state index is 12.7. The molecule has 0 radical (unpaired) electrons. The van der Waals surface area contributed by atoms with Crippen LogP contribution in [0.1, 0.15) is 27.0 Å². The van der Waals surface area contributed by atoms with E-state index in [1.54, 1.807) is 13.0 Å². The van der Waals surface area contributed by atoms with Crippen LogP contribution in [0, 0.1) is 20.8 Å². The topological polar surface area (TPSA) is 72.5 Å². The van der Waals surface area contributed by atoms with Crippen molar-refractivity contribution in [2.24, 2.45) is 0 Å². The number of hydrogen-bond acceptors (Lipinski definition) is 4. The van der Waals surface area contributed by atoms with Crippen LogP contribution in [-0.4, -0.2) is 21.5 Å². The second kappa shape index (κ2) is 6.42. The lowest BCUT2D eigenvalue weighted by Crippen LogP contribution is -2.17. The largest absolute Gasteiger partial charge is 0.465 e. The number of para-hydroxylation sites is 1. The number of ether oxygens (including phenoxy) is 1. The predicted octanol–water partition coefficient (Wildman–Crippen LogP) is 3.20. The van der Waals surface area contributed by atoms with Crippen molar-refractivity contribution in [3.63, 3.8) is 0 Å². The summed E-state index contributed by atoms with van der Waals surface area (Å²) in [6, 6.07) is 10.1. The van der Waals surface area contributed by atoms with Crippen LogP contribution in [0.25, 0.3) is 0 Å². The summed E-state index contributed by atoms with van der Waals surface area (Å²) in [5, 5.41) is 0. The lowest BCUT2D eigenvalue weighted by Gasteiger charge is -2.15. The number of sulfonamides is 1. The molecular formula is C17H19NO4S. The third-order valence-corrected chi connectivity index (χ3v) is 5.19. The number of carbonyl (C=O) groups is 1. The number of anilines is 1. The Kier molecular flexibility index (Phi) is 4.75. The number of methoxy groups -OCH3 is 1. The molecule has 23 heavy (non-hydrogen) atoms. The van der Waals surface area contributed by atoms with Crippen LogP contribution in [0.2, 0.25) is 0 Å². The minimum atomic E-state index is -3.81. The lowest BCUT2D eigenvalue weighted by molar-refractivity contribution is 0.0599. The van der Waals surface area contributed by atoms with E-state index in [9.17, 15) is 13.2 Å². The monoisotopic (exact) mass is 333 g/mol. The Morgan fingerprint density at radius 3 is 2.13 bits per heavy atom. The van der Waals surface area contributed by atoms with Gasteiger partial charge in [0.15, 0.2) is 0 Å². The number of nitrogens with one attached hydrogen (secondary N) is 1. The van der Waals surface area contributed by atoms with Crippen molar-refractivity contribution < 1.29 is 17.9 Å². The smallest absolute Gasteiger partial charge is 0.338 e. The average Bonchev–Trinajstić information content (AvgIpc) is 2.50. The summed E-state index contributed by atoms with van der Waals surface area (Å²) in [6.45, 7) is 5.26. The first-order chi connectivity index (χ1) is 10.8. The van der Waals surface area contributed by atoms with Crippen molar-refractivity contribution >= 4 is 21.7 Å². The number of benzene rings is 2. The van der Waals surface area contributed by atoms with Gasteiger partial charge in [0, 0.05) is 0 Å². The second-order valence-electron chi connectivity index (χ2n) is 5.29. The zero-order chi connectivity index (χ0) is 17.2. The van der Waals surface area contributed by atoms with Crippen molar-refractivity contribution in [2.75, 3.05) is 11.8 Å². The van der Waals surface area contributed by atoms with E-state index < -0.39 is 16.0 Å².